The Kier molecular flexibility index (Phi) is 14.4. The molecule has 11 heteroatoms. The standard InChI is InChI=1S/C21H36NO8P.H2O/c1-5-6-13-27-18-9-11-19(12-10-18)28-14-7-8-15-29-31(25,26)30-20(16-21(23)24)17-22(2,3)4;/h9-12,20H,5-8,13-17H2,1-4H3,(H-,23,24,25,26);1H2. The summed E-state index contributed by atoms with van der Waals surface area (Å²) in [5, 5.41) is 8.99. The molecule has 1 aromatic rings. The molecule has 0 heterocycles. The van der Waals surface area contributed by atoms with Gasteiger partial charge in [0, 0.05) is 0 Å². The van der Waals surface area contributed by atoms with Crippen LogP contribution >= 0.6 is 7.82 Å². The van der Waals surface area contributed by atoms with Crippen molar-refractivity contribution in [3.05, 3.63) is 24.3 Å². The molecule has 0 bridgehead atoms. The lowest BCUT2D eigenvalue weighted by Gasteiger charge is -2.29. The van der Waals surface area contributed by atoms with Crippen molar-refractivity contribution in [1.82, 2.24) is 0 Å². The summed E-state index contributed by atoms with van der Waals surface area (Å²) in [5.41, 5.74) is 0. The number of rotatable bonds is 17. The van der Waals surface area contributed by atoms with E-state index in [0.717, 1.165) is 24.3 Å². The zero-order valence-corrected chi connectivity index (χ0v) is 20.3. The molecule has 0 amide bonds. The lowest BCUT2D eigenvalue weighted by molar-refractivity contribution is -0.873. The Hall–Kier alpha value is -1.68. The van der Waals surface area contributed by atoms with Crippen LogP contribution in [0.3, 0.4) is 0 Å². The molecule has 0 aromatic heterocycles. The van der Waals surface area contributed by atoms with E-state index in [1.807, 2.05) is 45.4 Å². The van der Waals surface area contributed by atoms with Gasteiger partial charge in [-0.15, -0.1) is 0 Å². The SMILES string of the molecule is CCCCOc1ccc(OCCCCOP(=O)(O)OC(CC(=O)O)C[N+](C)(C)C)cc1.[OH-]. The predicted octanol–water partition coefficient (Wildman–Crippen LogP) is 3.53. The third-order valence-corrected chi connectivity index (χ3v) is 5.16. The second-order valence-corrected chi connectivity index (χ2v) is 9.74. The number of unbranched alkanes of at least 4 members (excludes halogenated alkanes) is 2. The van der Waals surface area contributed by atoms with E-state index in [2.05, 4.69) is 6.92 Å². The molecule has 1 rings (SSSR count). The Morgan fingerprint density at radius 3 is 1.97 bits per heavy atom. The normalized spacial score (nSPS) is 14.2. The third kappa shape index (κ3) is 15.2. The molecular formula is C21H38NO9P. The van der Waals surface area contributed by atoms with E-state index in [-0.39, 0.29) is 25.0 Å². The average molecular weight is 480 g/mol. The summed E-state index contributed by atoms with van der Waals surface area (Å²) >= 11 is 0. The van der Waals surface area contributed by atoms with Gasteiger partial charge in [-0.2, -0.15) is 0 Å². The predicted molar refractivity (Wildman–Crippen MR) is 119 cm³/mol. The second-order valence-electron chi connectivity index (χ2n) is 8.33. The zero-order valence-electron chi connectivity index (χ0n) is 19.4. The molecule has 1 aromatic carbocycles. The second kappa shape index (κ2) is 15.2. The topological polar surface area (TPSA) is 142 Å². The number of quaternary nitrogens is 1. The van der Waals surface area contributed by atoms with Gasteiger partial charge in [0.2, 0.25) is 0 Å². The first-order valence-corrected chi connectivity index (χ1v) is 12.0. The number of benzene rings is 1. The van der Waals surface area contributed by atoms with Crippen LogP contribution in [0.2, 0.25) is 0 Å². The van der Waals surface area contributed by atoms with E-state index in [4.69, 9.17) is 23.6 Å². The van der Waals surface area contributed by atoms with Gasteiger partial charge >= 0.3 is 13.8 Å². The zero-order chi connectivity index (χ0) is 23.3. The number of phosphoric acid groups is 1. The fourth-order valence-corrected chi connectivity index (χ4v) is 3.64. The van der Waals surface area contributed by atoms with Gasteiger partial charge in [-0.1, -0.05) is 13.3 Å². The Bertz CT molecular complexity index is 692. The van der Waals surface area contributed by atoms with Crippen LogP contribution in [-0.4, -0.2) is 79.5 Å². The molecule has 0 fully saturated rings. The number of nitrogens with zero attached hydrogens (tertiary/aromatic N) is 1. The minimum Gasteiger partial charge on any atom is -0.870 e. The molecule has 3 N–H and O–H groups in total. The van der Waals surface area contributed by atoms with Gasteiger partial charge in [-0.25, -0.2) is 4.57 Å². The first kappa shape index (κ1) is 30.3. The van der Waals surface area contributed by atoms with Gasteiger partial charge in [0.05, 0.1) is 47.4 Å². The number of hydrogen-bond acceptors (Lipinski definition) is 7. The van der Waals surface area contributed by atoms with Crippen molar-refractivity contribution in [2.24, 2.45) is 0 Å². The third-order valence-electron chi connectivity index (χ3n) is 4.09. The smallest absolute Gasteiger partial charge is 0.472 e. The molecule has 2 unspecified atom stereocenters. The van der Waals surface area contributed by atoms with Crippen molar-refractivity contribution in [1.29, 1.82) is 0 Å². The highest BCUT2D eigenvalue weighted by Gasteiger charge is 2.31. The minimum atomic E-state index is -4.34. The molecule has 186 valence electrons. The molecule has 0 aliphatic carbocycles. The van der Waals surface area contributed by atoms with Crippen LogP contribution in [0.15, 0.2) is 24.3 Å². The molecule has 0 aliphatic heterocycles. The molecule has 0 radical (unpaired) electrons. The quantitative estimate of drug-likeness (QED) is 0.195. The summed E-state index contributed by atoms with van der Waals surface area (Å²) in [4.78, 5) is 20.9. The van der Waals surface area contributed by atoms with Crippen LogP contribution in [-0.2, 0) is 18.4 Å². The number of likely N-dealkylation sites (N-methyl/N-ethyl adjacent to an activating group) is 1. The van der Waals surface area contributed by atoms with Crippen LogP contribution in [0.25, 0.3) is 0 Å². The maximum Gasteiger partial charge on any atom is 0.472 e. The van der Waals surface area contributed by atoms with Gasteiger partial charge in [0.1, 0.15) is 24.1 Å². The summed E-state index contributed by atoms with van der Waals surface area (Å²) in [6.07, 6.45) is 1.91. The van der Waals surface area contributed by atoms with E-state index in [9.17, 15) is 14.3 Å². The van der Waals surface area contributed by atoms with E-state index in [0.29, 0.717) is 30.5 Å². The Balaban J connectivity index is 0.00000961. The number of hydrogen-bond donors (Lipinski definition) is 2. The van der Waals surface area contributed by atoms with Crippen molar-refractivity contribution in [3.63, 3.8) is 0 Å². The van der Waals surface area contributed by atoms with Crippen LogP contribution in [0.4, 0.5) is 0 Å². The lowest BCUT2D eigenvalue weighted by Crippen LogP contribution is -2.42. The van der Waals surface area contributed by atoms with Crippen LogP contribution < -0.4 is 9.47 Å². The molecule has 0 spiro atoms. The summed E-state index contributed by atoms with van der Waals surface area (Å²) in [6.45, 7) is 3.50. The summed E-state index contributed by atoms with van der Waals surface area (Å²) < 4.78 is 33.9. The lowest BCUT2D eigenvalue weighted by atomic mass is 10.2. The Morgan fingerprint density at radius 2 is 1.50 bits per heavy atom. The van der Waals surface area contributed by atoms with Crippen LogP contribution in [0.5, 0.6) is 11.5 Å². The van der Waals surface area contributed by atoms with Gasteiger partial charge in [0.15, 0.2) is 0 Å². The minimum absolute atomic E-state index is 0. The summed E-state index contributed by atoms with van der Waals surface area (Å²) in [5.74, 6) is 0.423. The average Bonchev–Trinajstić information content (AvgIpc) is 2.63. The summed E-state index contributed by atoms with van der Waals surface area (Å²) in [6, 6.07) is 7.39. The molecule has 10 nitrogen and oxygen atoms in total. The van der Waals surface area contributed by atoms with Crippen molar-refractivity contribution >= 4 is 13.8 Å². The molecule has 0 saturated heterocycles. The maximum absolute atomic E-state index is 12.1. The number of ether oxygens (including phenoxy) is 2. The van der Waals surface area contributed by atoms with E-state index in [1.54, 1.807) is 0 Å². The molecule has 0 aliphatic rings. The number of carbonyl (C=O) groups is 1. The Morgan fingerprint density at radius 1 is 1.00 bits per heavy atom. The van der Waals surface area contributed by atoms with Crippen molar-refractivity contribution in [2.75, 3.05) is 47.5 Å². The number of carboxylic acids is 1. The van der Waals surface area contributed by atoms with Crippen molar-refractivity contribution < 1.29 is 47.8 Å². The highest BCUT2D eigenvalue weighted by molar-refractivity contribution is 7.47. The summed E-state index contributed by atoms with van der Waals surface area (Å²) in [7, 11) is 1.18. The Labute approximate surface area is 190 Å². The van der Waals surface area contributed by atoms with Crippen molar-refractivity contribution in [2.45, 2.75) is 45.1 Å². The van der Waals surface area contributed by atoms with Gasteiger partial charge in [-0.05, 0) is 43.5 Å². The van der Waals surface area contributed by atoms with Gasteiger partial charge in [-0.3, -0.25) is 13.8 Å². The highest BCUT2D eigenvalue weighted by Crippen LogP contribution is 2.45. The van der Waals surface area contributed by atoms with Crippen LogP contribution in [0, 0.1) is 0 Å². The molecule has 32 heavy (non-hydrogen) atoms. The molecule has 0 saturated carbocycles. The van der Waals surface area contributed by atoms with Crippen LogP contribution in [0.1, 0.15) is 39.0 Å². The van der Waals surface area contributed by atoms with E-state index >= 15 is 0 Å². The number of carboxylic acid groups (broad SMARTS) is 1. The molecular weight excluding hydrogens is 441 g/mol. The maximum atomic E-state index is 12.1. The first-order valence-electron chi connectivity index (χ1n) is 10.5. The monoisotopic (exact) mass is 479 g/mol. The highest BCUT2D eigenvalue weighted by atomic mass is 31.2. The fourth-order valence-electron chi connectivity index (χ4n) is 2.70. The first-order chi connectivity index (χ1) is 14.5. The number of aliphatic carboxylic acids is 1. The van der Waals surface area contributed by atoms with Crippen molar-refractivity contribution in [3.8, 4) is 11.5 Å². The molecule has 2 atom stereocenters. The fraction of sp³-hybridized carbons (Fsp3) is 0.667. The largest absolute Gasteiger partial charge is 0.870 e. The van der Waals surface area contributed by atoms with E-state index in [1.165, 1.54) is 0 Å². The van der Waals surface area contributed by atoms with Gasteiger partial charge < -0.3 is 29.4 Å². The number of phosphoric ester groups is 1. The van der Waals surface area contributed by atoms with E-state index < -0.39 is 19.9 Å². The van der Waals surface area contributed by atoms with Gasteiger partial charge in [0.25, 0.3) is 0 Å².